The molecule has 1 aromatic carbocycles. The Morgan fingerprint density at radius 1 is 1.14 bits per heavy atom. The number of hydrogen-bond donors (Lipinski definition) is 2. The topological polar surface area (TPSA) is 37.0 Å². The van der Waals surface area contributed by atoms with E-state index in [1.54, 1.807) is 11.3 Å². The van der Waals surface area contributed by atoms with Gasteiger partial charge in [-0.1, -0.05) is 17.7 Å². The number of pyridine rings is 1. The summed E-state index contributed by atoms with van der Waals surface area (Å²) >= 11 is 7.80. The van der Waals surface area contributed by atoms with Crippen LogP contribution in [0.5, 0.6) is 0 Å². The molecule has 0 fully saturated rings. The minimum absolute atomic E-state index is 0.718. The van der Waals surface area contributed by atoms with E-state index in [0.717, 1.165) is 47.7 Å². The van der Waals surface area contributed by atoms with Gasteiger partial charge in [0.15, 0.2) is 0 Å². The zero-order chi connectivity index (χ0) is 15.2. The van der Waals surface area contributed by atoms with E-state index in [4.69, 9.17) is 11.6 Å². The van der Waals surface area contributed by atoms with Crippen molar-refractivity contribution in [1.82, 2.24) is 10.3 Å². The first-order chi connectivity index (χ1) is 10.8. The Hall–Kier alpha value is -1.62. The van der Waals surface area contributed by atoms with Gasteiger partial charge in [0.2, 0.25) is 0 Å². The third-order valence-corrected chi connectivity index (χ3v) is 4.54. The predicted octanol–water partition coefficient (Wildman–Crippen LogP) is 4.54. The van der Waals surface area contributed by atoms with E-state index in [1.807, 2.05) is 30.5 Å². The Morgan fingerprint density at radius 3 is 2.95 bits per heavy atom. The average molecular weight is 332 g/mol. The highest BCUT2D eigenvalue weighted by Crippen LogP contribution is 2.24. The number of anilines is 1. The van der Waals surface area contributed by atoms with Crippen LogP contribution < -0.4 is 10.6 Å². The van der Waals surface area contributed by atoms with E-state index in [1.165, 1.54) is 4.88 Å². The van der Waals surface area contributed by atoms with E-state index in [9.17, 15) is 0 Å². The molecular weight excluding hydrogens is 314 g/mol. The Bertz CT molecular complexity index is 728. The van der Waals surface area contributed by atoms with Crippen LogP contribution in [0, 0.1) is 0 Å². The third-order valence-electron chi connectivity index (χ3n) is 3.43. The lowest BCUT2D eigenvalue weighted by Crippen LogP contribution is -2.17. The summed E-state index contributed by atoms with van der Waals surface area (Å²) in [5, 5.41) is 10.9. The Labute approximate surface area is 139 Å². The van der Waals surface area contributed by atoms with Crippen LogP contribution in [0.4, 0.5) is 5.69 Å². The van der Waals surface area contributed by atoms with Crippen molar-refractivity contribution in [2.75, 3.05) is 18.4 Å². The lowest BCUT2D eigenvalue weighted by atomic mass is 10.2. The molecule has 2 heterocycles. The molecule has 0 radical (unpaired) electrons. The van der Waals surface area contributed by atoms with Gasteiger partial charge in [0.25, 0.3) is 0 Å². The van der Waals surface area contributed by atoms with Crippen molar-refractivity contribution < 1.29 is 0 Å². The number of fused-ring (bicyclic) bond motifs is 1. The van der Waals surface area contributed by atoms with Gasteiger partial charge >= 0.3 is 0 Å². The van der Waals surface area contributed by atoms with Crippen molar-refractivity contribution in [2.45, 2.75) is 13.0 Å². The summed E-state index contributed by atoms with van der Waals surface area (Å²) in [5.74, 6) is 0. The number of thiophene rings is 1. The maximum Gasteiger partial charge on any atom is 0.0737 e. The summed E-state index contributed by atoms with van der Waals surface area (Å²) < 4.78 is 0. The van der Waals surface area contributed by atoms with E-state index in [2.05, 4.69) is 33.1 Å². The highest BCUT2D eigenvalue weighted by Gasteiger charge is 2.02. The van der Waals surface area contributed by atoms with Crippen LogP contribution in [-0.2, 0) is 6.54 Å². The standard InChI is InChI=1S/C17H18ClN3S/c18-13-4-5-15-16(6-9-21-17(15)11-13)20-8-2-7-19-12-14-3-1-10-22-14/h1,3-6,9-11,19H,2,7-8,12H2,(H,20,21). The first-order valence-corrected chi connectivity index (χ1v) is 8.60. The quantitative estimate of drug-likeness (QED) is 0.624. The average Bonchev–Trinajstić information content (AvgIpc) is 3.03. The van der Waals surface area contributed by atoms with Crippen molar-refractivity contribution >= 4 is 39.5 Å². The number of rotatable bonds is 7. The van der Waals surface area contributed by atoms with Crippen LogP contribution in [0.3, 0.4) is 0 Å². The summed E-state index contributed by atoms with van der Waals surface area (Å²) in [5.41, 5.74) is 2.04. The molecule has 0 atom stereocenters. The zero-order valence-electron chi connectivity index (χ0n) is 12.2. The van der Waals surface area contributed by atoms with Crippen LogP contribution in [0.1, 0.15) is 11.3 Å². The molecule has 0 aliphatic rings. The molecule has 0 bridgehead atoms. The van der Waals surface area contributed by atoms with Gasteiger partial charge in [-0.15, -0.1) is 11.3 Å². The minimum atomic E-state index is 0.718. The molecule has 2 N–H and O–H groups in total. The van der Waals surface area contributed by atoms with E-state index in [-0.39, 0.29) is 0 Å². The lowest BCUT2D eigenvalue weighted by Gasteiger charge is -2.10. The third kappa shape index (κ3) is 3.97. The van der Waals surface area contributed by atoms with Gasteiger partial charge in [-0.3, -0.25) is 4.98 Å². The first-order valence-electron chi connectivity index (χ1n) is 7.34. The van der Waals surface area contributed by atoms with Gasteiger partial charge < -0.3 is 10.6 Å². The molecule has 0 saturated carbocycles. The largest absolute Gasteiger partial charge is 0.384 e. The normalized spacial score (nSPS) is 11.0. The Morgan fingerprint density at radius 2 is 2.09 bits per heavy atom. The second kappa shape index (κ2) is 7.58. The van der Waals surface area contributed by atoms with Crippen LogP contribution in [0.25, 0.3) is 10.9 Å². The van der Waals surface area contributed by atoms with Gasteiger partial charge in [0.05, 0.1) is 5.52 Å². The van der Waals surface area contributed by atoms with Crippen molar-refractivity contribution in [3.63, 3.8) is 0 Å². The molecule has 3 rings (SSSR count). The fraction of sp³-hybridized carbons (Fsp3) is 0.235. The minimum Gasteiger partial charge on any atom is -0.384 e. The molecular formula is C17H18ClN3S. The summed E-state index contributed by atoms with van der Waals surface area (Å²) in [6, 6.07) is 12.1. The maximum atomic E-state index is 6.01. The summed E-state index contributed by atoms with van der Waals surface area (Å²) in [4.78, 5) is 5.73. The number of nitrogens with one attached hydrogen (secondary N) is 2. The zero-order valence-corrected chi connectivity index (χ0v) is 13.8. The van der Waals surface area contributed by atoms with Gasteiger partial charge in [-0.05, 0) is 48.7 Å². The fourth-order valence-electron chi connectivity index (χ4n) is 2.34. The van der Waals surface area contributed by atoms with Crippen LogP contribution >= 0.6 is 22.9 Å². The molecule has 22 heavy (non-hydrogen) atoms. The number of hydrogen-bond acceptors (Lipinski definition) is 4. The van der Waals surface area contributed by atoms with Crippen molar-refractivity contribution in [3.05, 3.63) is 57.9 Å². The van der Waals surface area contributed by atoms with Crippen LogP contribution in [0.15, 0.2) is 48.0 Å². The molecule has 0 amide bonds. The molecule has 0 unspecified atom stereocenters. The molecule has 0 spiro atoms. The molecule has 2 aromatic heterocycles. The molecule has 0 aliphatic heterocycles. The van der Waals surface area contributed by atoms with Gasteiger partial charge in [-0.2, -0.15) is 0 Å². The van der Waals surface area contributed by atoms with Crippen LogP contribution in [0.2, 0.25) is 5.02 Å². The van der Waals surface area contributed by atoms with Gasteiger partial charge in [0, 0.05) is 40.3 Å². The Balaban J connectivity index is 1.47. The second-order valence-corrected chi connectivity index (χ2v) is 6.53. The van der Waals surface area contributed by atoms with E-state index in [0.29, 0.717) is 0 Å². The molecule has 0 aliphatic carbocycles. The first kappa shape index (κ1) is 15.3. The molecule has 0 saturated heterocycles. The fourth-order valence-corrected chi connectivity index (χ4v) is 3.18. The molecule has 114 valence electrons. The van der Waals surface area contributed by atoms with Crippen molar-refractivity contribution in [3.8, 4) is 0 Å². The summed E-state index contributed by atoms with van der Waals surface area (Å²) in [6.45, 7) is 2.88. The number of nitrogens with zero attached hydrogens (tertiary/aromatic N) is 1. The SMILES string of the molecule is Clc1ccc2c(NCCCNCc3cccs3)ccnc2c1. The van der Waals surface area contributed by atoms with E-state index >= 15 is 0 Å². The number of benzene rings is 1. The highest BCUT2D eigenvalue weighted by molar-refractivity contribution is 7.09. The predicted molar refractivity (Wildman–Crippen MR) is 95.9 cm³/mol. The van der Waals surface area contributed by atoms with Crippen molar-refractivity contribution in [2.24, 2.45) is 0 Å². The number of aromatic nitrogens is 1. The number of halogens is 1. The highest BCUT2D eigenvalue weighted by atomic mass is 35.5. The Kier molecular flexibility index (Phi) is 5.27. The maximum absolute atomic E-state index is 6.01. The van der Waals surface area contributed by atoms with E-state index < -0.39 is 0 Å². The van der Waals surface area contributed by atoms with Gasteiger partial charge in [0.1, 0.15) is 0 Å². The lowest BCUT2D eigenvalue weighted by molar-refractivity contribution is 0.669. The smallest absolute Gasteiger partial charge is 0.0737 e. The van der Waals surface area contributed by atoms with Crippen LogP contribution in [-0.4, -0.2) is 18.1 Å². The van der Waals surface area contributed by atoms with Gasteiger partial charge in [-0.25, -0.2) is 0 Å². The second-order valence-electron chi connectivity index (χ2n) is 5.06. The molecule has 3 aromatic rings. The van der Waals surface area contributed by atoms with Crippen molar-refractivity contribution in [1.29, 1.82) is 0 Å². The molecule has 3 nitrogen and oxygen atoms in total. The summed E-state index contributed by atoms with van der Waals surface area (Å²) in [7, 11) is 0. The molecule has 5 heteroatoms. The summed E-state index contributed by atoms with van der Waals surface area (Å²) in [6.07, 6.45) is 2.89. The monoisotopic (exact) mass is 331 g/mol.